The van der Waals surface area contributed by atoms with Gasteiger partial charge in [0.05, 0.1) is 0 Å². The van der Waals surface area contributed by atoms with E-state index >= 15 is 0 Å². The van der Waals surface area contributed by atoms with E-state index < -0.39 is 0 Å². The fourth-order valence-electron chi connectivity index (χ4n) is 4.77. The monoisotopic (exact) mass is 430 g/mol. The molecule has 2 aromatic carbocycles. The number of fused-ring (bicyclic) bond motifs is 1. The quantitative estimate of drug-likeness (QED) is 0.467. The number of aromatic hydroxyl groups is 1. The first-order chi connectivity index (χ1) is 15.7. The van der Waals surface area contributed by atoms with E-state index in [4.69, 9.17) is 0 Å². The topological polar surface area (TPSA) is 73.2 Å². The second-order valence-electron chi connectivity index (χ2n) is 8.63. The van der Waals surface area contributed by atoms with Crippen molar-refractivity contribution in [3.63, 3.8) is 0 Å². The summed E-state index contributed by atoms with van der Waals surface area (Å²) in [6.45, 7) is 7.51. The van der Waals surface area contributed by atoms with Gasteiger partial charge >= 0.3 is 0 Å². The normalized spacial score (nSPS) is 16.5. The molecule has 166 valence electrons. The first kappa shape index (κ1) is 20.7. The van der Waals surface area contributed by atoms with Crippen LogP contribution in [0, 0.1) is 0 Å². The number of H-pyrrole nitrogens is 1. The van der Waals surface area contributed by atoms with Gasteiger partial charge < -0.3 is 15.0 Å². The third-order valence-electron chi connectivity index (χ3n) is 6.73. The van der Waals surface area contributed by atoms with Crippen LogP contribution in [0.3, 0.4) is 0 Å². The van der Waals surface area contributed by atoms with Crippen molar-refractivity contribution in [2.24, 2.45) is 0 Å². The van der Waals surface area contributed by atoms with Gasteiger partial charge in [0, 0.05) is 60.6 Å². The Morgan fingerprint density at radius 2 is 1.81 bits per heavy atom. The highest BCUT2D eigenvalue weighted by Crippen LogP contribution is 2.29. The summed E-state index contributed by atoms with van der Waals surface area (Å²) in [4.78, 5) is 8.44. The minimum Gasteiger partial charge on any atom is -0.508 e. The van der Waals surface area contributed by atoms with Crippen molar-refractivity contribution in [2.45, 2.75) is 25.8 Å². The van der Waals surface area contributed by atoms with Crippen LogP contribution in [0.4, 0.5) is 0 Å². The lowest BCUT2D eigenvalue weighted by atomic mass is 10.0. The van der Waals surface area contributed by atoms with Gasteiger partial charge in [0.15, 0.2) is 0 Å². The fraction of sp³-hybridized carbons (Fsp3) is 0.360. The number of aromatic amines is 1. The summed E-state index contributed by atoms with van der Waals surface area (Å²) in [5.41, 5.74) is 4.63. The van der Waals surface area contributed by atoms with E-state index in [1.165, 1.54) is 16.5 Å². The molecule has 1 unspecified atom stereocenters. The largest absolute Gasteiger partial charge is 0.508 e. The smallest absolute Gasteiger partial charge is 0.123 e. The lowest BCUT2D eigenvalue weighted by Gasteiger charge is -2.38. The standard InChI is InChI=1S/C25H30N6O/c1-19(22-6-2-3-7-25(22)32)30-13-11-29(12-14-30)10-4-5-20-16-26-24-9-8-21(15-23(20)24)31-17-27-28-18-31/h2-3,6-9,15-19,26,32H,4-5,10-14H2,1H3. The van der Waals surface area contributed by atoms with Crippen LogP contribution in [0.5, 0.6) is 5.75 Å². The molecule has 1 aliphatic heterocycles. The van der Waals surface area contributed by atoms with Crippen LogP contribution in [0.15, 0.2) is 61.3 Å². The van der Waals surface area contributed by atoms with Crippen molar-refractivity contribution in [1.82, 2.24) is 29.5 Å². The highest BCUT2D eigenvalue weighted by Gasteiger charge is 2.23. The Morgan fingerprint density at radius 1 is 1.03 bits per heavy atom. The molecule has 1 aliphatic rings. The highest BCUT2D eigenvalue weighted by atomic mass is 16.3. The summed E-state index contributed by atoms with van der Waals surface area (Å²) in [6, 6.07) is 14.4. The van der Waals surface area contributed by atoms with Gasteiger partial charge in [-0.1, -0.05) is 18.2 Å². The molecule has 0 amide bonds. The zero-order chi connectivity index (χ0) is 21.9. The first-order valence-electron chi connectivity index (χ1n) is 11.4. The van der Waals surface area contributed by atoms with Crippen LogP contribution in [0.1, 0.15) is 30.5 Å². The van der Waals surface area contributed by atoms with E-state index in [2.05, 4.69) is 56.3 Å². The molecule has 7 nitrogen and oxygen atoms in total. The van der Waals surface area contributed by atoms with Gasteiger partial charge in [-0.2, -0.15) is 0 Å². The Balaban J connectivity index is 1.15. The number of phenols is 1. The molecule has 0 radical (unpaired) electrons. The summed E-state index contributed by atoms with van der Waals surface area (Å²) >= 11 is 0. The third-order valence-corrected chi connectivity index (χ3v) is 6.73. The van der Waals surface area contributed by atoms with E-state index in [9.17, 15) is 5.11 Å². The number of hydrogen-bond acceptors (Lipinski definition) is 5. The van der Waals surface area contributed by atoms with Crippen LogP contribution >= 0.6 is 0 Å². The maximum Gasteiger partial charge on any atom is 0.123 e. The van der Waals surface area contributed by atoms with E-state index in [1.54, 1.807) is 18.7 Å². The second kappa shape index (κ2) is 9.14. The van der Waals surface area contributed by atoms with Crippen LogP contribution < -0.4 is 0 Å². The maximum atomic E-state index is 10.2. The number of aromatic nitrogens is 4. The van der Waals surface area contributed by atoms with Crippen LogP contribution in [-0.4, -0.2) is 67.4 Å². The Morgan fingerprint density at radius 3 is 2.59 bits per heavy atom. The summed E-state index contributed by atoms with van der Waals surface area (Å²) in [6.07, 6.45) is 7.80. The molecule has 0 bridgehead atoms. The first-order valence-corrected chi connectivity index (χ1v) is 11.4. The van der Waals surface area contributed by atoms with Gasteiger partial charge in [0.25, 0.3) is 0 Å². The van der Waals surface area contributed by atoms with Gasteiger partial charge in [-0.05, 0) is 56.1 Å². The average molecular weight is 431 g/mol. The number of hydrogen-bond donors (Lipinski definition) is 2. The predicted molar refractivity (Wildman–Crippen MR) is 126 cm³/mol. The van der Waals surface area contributed by atoms with Crippen molar-refractivity contribution in [1.29, 1.82) is 0 Å². The maximum absolute atomic E-state index is 10.2. The summed E-state index contributed by atoms with van der Waals surface area (Å²) in [7, 11) is 0. The van der Waals surface area contributed by atoms with Crippen LogP contribution in [-0.2, 0) is 6.42 Å². The van der Waals surface area contributed by atoms with Gasteiger partial charge in [-0.15, -0.1) is 10.2 Å². The molecule has 7 heteroatoms. The minimum absolute atomic E-state index is 0.240. The molecule has 32 heavy (non-hydrogen) atoms. The predicted octanol–water partition coefficient (Wildman–Crippen LogP) is 3.77. The third kappa shape index (κ3) is 4.26. The van der Waals surface area contributed by atoms with Crippen molar-refractivity contribution in [3.8, 4) is 11.4 Å². The zero-order valence-electron chi connectivity index (χ0n) is 18.5. The Labute approximate surface area is 188 Å². The molecule has 0 saturated carbocycles. The molecular formula is C25H30N6O. The number of benzene rings is 2. The molecule has 5 rings (SSSR count). The zero-order valence-corrected chi connectivity index (χ0v) is 18.5. The van der Waals surface area contributed by atoms with Gasteiger partial charge in [0.1, 0.15) is 18.4 Å². The second-order valence-corrected chi connectivity index (χ2v) is 8.63. The molecular weight excluding hydrogens is 400 g/mol. The van der Waals surface area contributed by atoms with E-state index in [0.29, 0.717) is 5.75 Å². The summed E-state index contributed by atoms with van der Waals surface area (Å²) in [5, 5.41) is 19.3. The molecule has 0 aliphatic carbocycles. The molecule has 0 spiro atoms. The summed E-state index contributed by atoms with van der Waals surface area (Å²) < 4.78 is 1.94. The Bertz CT molecular complexity index is 1160. The molecule has 1 atom stereocenters. The van der Waals surface area contributed by atoms with Crippen LogP contribution in [0.2, 0.25) is 0 Å². The Kier molecular flexibility index (Phi) is 5.92. The molecule has 3 heterocycles. The molecule has 1 fully saturated rings. The molecule has 4 aromatic rings. The van der Waals surface area contributed by atoms with Gasteiger partial charge in [0.2, 0.25) is 0 Å². The molecule has 1 saturated heterocycles. The minimum atomic E-state index is 0.240. The van der Waals surface area contributed by atoms with Crippen molar-refractivity contribution in [2.75, 3.05) is 32.7 Å². The fourth-order valence-corrected chi connectivity index (χ4v) is 4.77. The summed E-state index contributed by atoms with van der Waals surface area (Å²) in [5.74, 6) is 0.397. The SMILES string of the molecule is CC(c1ccccc1O)N1CCN(CCCc2c[nH]c3ccc(-n4cnnc4)cc23)CC1. The number of piperazine rings is 1. The molecule has 2 aromatic heterocycles. The van der Waals surface area contributed by atoms with Gasteiger partial charge in [-0.3, -0.25) is 9.47 Å². The number of nitrogens with zero attached hydrogens (tertiary/aromatic N) is 5. The van der Waals surface area contributed by atoms with E-state index in [0.717, 1.165) is 56.8 Å². The number of para-hydroxylation sites is 1. The molecule has 2 N–H and O–H groups in total. The lowest BCUT2D eigenvalue weighted by molar-refractivity contribution is 0.101. The van der Waals surface area contributed by atoms with Gasteiger partial charge in [-0.25, -0.2) is 0 Å². The van der Waals surface area contributed by atoms with E-state index in [1.807, 2.05) is 22.8 Å². The number of phenolic OH excluding ortho intramolecular Hbond substituents is 1. The van der Waals surface area contributed by atoms with Crippen molar-refractivity contribution in [3.05, 3.63) is 72.4 Å². The number of nitrogens with one attached hydrogen (secondary N) is 1. The number of rotatable bonds is 7. The van der Waals surface area contributed by atoms with Crippen molar-refractivity contribution >= 4 is 10.9 Å². The van der Waals surface area contributed by atoms with Crippen molar-refractivity contribution < 1.29 is 5.11 Å². The number of aryl methyl sites for hydroxylation is 1. The highest BCUT2D eigenvalue weighted by molar-refractivity contribution is 5.85. The lowest BCUT2D eigenvalue weighted by Crippen LogP contribution is -2.47. The van der Waals surface area contributed by atoms with Crippen LogP contribution in [0.25, 0.3) is 16.6 Å². The Hall–Kier alpha value is -3.16. The average Bonchev–Trinajstić information content (AvgIpc) is 3.50. The van der Waals surface area contributed by atoms with E-state index in [-0.39, 0.29) is 6.04 Å².